The van der Waals surface area contributed by atoms with Crippen molar-refractivity contribution in [2.24, 2.45) is 0 Å². The maximum Gasteiger partial charge on any atom is 0.315 e. The number of benzene rings is 7. The Kier molecular flexibility index (Phi) is 46.2. The molecule has 0 atom stereocenters. The molecule has 0 aliphatic carbocycles. The van der Waals surface area contributed by atoms with Crippen molar-refractivity contribution >= 4 is 17.4 Å². The van der Waals surface area contributed by atoms with Crippen molar-refractivity contribution in [1.82, 2.24) is 100 Å². The summed E-state index contributed by atoms with van der Waals surface area (Å²) in [4.78, 5) is 58.7. The monoisotopic (exact) mass is 2070 g/mol. The molecular formula is C116H128F9N21O3S. The summed E-state index contributed by atoms with van der Waals surface area (Å²) in [6, 6.07) is 45.5. The molecule has 34 heteroatoms. The Morgan fingerprint density at radius 3 is 1.00 bits per heavy atom. The van der Waals surface area contributed by atoms with E-state index in [2.05, 4.69) is 171 Å². The van der Waals surface area contributed by atoms with Crippen molar-refractivity contribution in [2.75, 3.05) is 11.9 Å². The van der Waals surface area contributed by atoms with E-state index in [1.165, 1.54) is 66.7 Å². The maximum atomic E-state index is 14.0. The quantitative estimate of drug-likeness (QED) is 0.0549. The van der Waals surface area contributed by atoms with Gasteiger partial charge in [0, 0.05) is 140 Å². The second kappa shape index (κ2) is 58.8. The van der Waals surface area contributed by atoms with Crippen LogP contribution in [0.2, 0.25) is 0 Å². The van der Waals surface area contributed by atoms with Crippen LogP contribution in [0.15, 0.2) is 264 Å². The normalized spacial score (nSPS) is 10.8. The summed E-state index contributed by atoms with van der Waals surface area (Å²) >= 11 is 1.66. The minimum Gasteiger partial charge on any atom is -0.421 e. The van der Waals surface area contributed by atoms with Gasteiger partial charge in [-0.1, -0.05) is 200 Å². The molecule has 0 bridgehead atoms. The lowest BCUT2D eigenvalue weighted by Gasteiger charge is -2.09. The number of nitrogens with zero attached hydrogens (tertiary/aromatic N) is 20. The summed E-state index contributed by atoms with van der Waals surface area (Å²) in [5, 5.41) is 27.1. The van der Waals surface area contributed by atoms with Crippen LogP contribution in [-0.2, 0) is 12.8 Å². The average molecular weight is 2070 g/mol. The first kappa shape index (κ1) is 118. The van der Waals surface area contributed by atoms with Crippen molar-refractivity contribution in [3.8, 4) is 102 Å². The molecule has 11 heterocycles. The van der Waals surface area contributed by atoms with Crippen LogP contribution in [0.3, 0.4) is 0 Å². The first-order valence-electron chi connectivity index (χ1n) is 49.2. The zero-order valence-corrected chi connectivity index (χ0v) is 88.2. The van der Waals surface area contributed by atoms with E-state index in [-0.39, 0.29) is 94.6 Å². The Morgan fingerprint density at radius 2 is 0.620 bits per heavy atom. The van der Waals surface area contributed by atoms with E-state index in [1.54, 1.807) is 109 Å². The second-order valence-electron chi connectivity index (χ2n) is 36.7. The van der Waals surface area contributed by atoms with E-state index in [1.807, 2.05) is 153 Å². The lowest BCUT2D eigenvalue weighted by molar-refractivity contribution is 0.496. The molecule has 0 radical (unpaired) electrons. The highest BCUT2D eigenvalue weighted by Gasteiger charge is 2.23. The van der Waals surface area contributed by atoms with Gasteiger partial charge < -0.3 is 18.6 Å². The summed E-state index contributed by atoms with van der Waals surface area (Å²) in [7, 11) is 0. The van der Waals surface area contributed by atoms with E-state index in [9.17, 15) is 39.5 Å². The first-order chi connectivity index (χ1) is 71.4. The minimum absolute atomic E-state index is 0. The molecule has 0 saturated carbocycles. The number of rotatable bonds is 24. The van der Waals surface area contributed by atoms with Gasteiger partial charge in [-0.25, -0.2) is 104 Å². The smallest absolute Gasteiger partial charge is 0.315 e. The molecule has 18 aromatic rings. The first-order valence-corrected chi connectivity index (χ1v) is 50.0. The summed E-state index contributed by atoms with van der Waals surface area (Å²) in [5.41, 5.74) is 9.76. The van der Waals surface area contributed by atoms with Crippen LogP contribution in [0.4, 0.5) is 45.5 Å². The van der Waals surface area contributed by atoms with Crippen LogP contribution in [0.1, 0.15) is 280 Å². The fourth-order valence-corrected chi connectivity index (χ4v) is 14.8. The fraction of sp³-hybridized carbons (Fsp3) is 0.310. The third-order valence-electron chi connectivity index (χ3n) is 22.2. The molecule has 0 aliphatic rings. The Labute approximate surface area is 875 Å². The van der Waals surface area contributed by atoms with Crippen LogP contribution in [-0.4, -0.2) is 107 Å². The van der Waals surface area contributed by atoms with Crippen LogP contribution >= 0.6 is 11.3 Å². The predicted octanol–water partition coefficient (Wildman–Crippen LogP) is 31.3. The number of hydrogen-bond acceptors (Lipinski definition) is 25. The Hall–Kier alpha value is -15.6. The minimum atomic E-state index is -0.545. The molecule has 0 fully saturated rings. The van der Waals surface area contributed by atoms with Gasteiger partial charge in [0.2, 0.25) is 17.7 Å². The second-order valence-corrected chi connectivity index (χ2v) is 37.8. The van der Waals surface area contributed by atoms with E-state index >= 15 is 0 Å². The van der Waals surface area contributed by atoms with E-state index in [0.29, 0.717) is 105 Å². The molecule has 784 valence electrons. The van der Waals surface area contributed by atoms with Gasteiger partial charge >= 0.3 is 6.01 Å². The highest BCUT2D eigenvalue weighted by molar-refractivity contribution is 7.15. The predicted molar refractivity (Wildman–Crippen MR) is 573 cm³/mol. The molecule has 7 aromatic carbocycles. The van der Waals surface area contributed by atoms with E-state index in [0.717, 1.165) is 92.8 Å². The molecule has 11 aromatic heterocycles. The Bertz CT molecular complexity index is 6930. The zero-order chi connectivity index (χ0) is 108. The summed E-state index contributed by atoms with van der Waals surface area (Å²) in [5.74, 6) is 3.12. The van der Waals surface area contributed by atoms with Crippen molar-refractivity contribution in [2.45, 2.75) is 232 Å². The third kappa shape index (κ3) is 34.8. The summed E-state index contributed by atoms with van der Waals surface area (Å²) in [6.07, 6.45) is 26.6. The summed E-state index contributed by atoms with van der Waals surface area (Å²) in [6.45, 7) is 42.3. The van der Waals surface area contributed by atoms with Crippen molar-refractivity contribution in [3.05, 3.63) is 364 Å². The maximum absolute atomic E-state index is 14.0. The molecule has 18 rings (SSSR count). The SMILES string of the molecule is C.CC(C)c1cc(F)c(-c2ncccn2)cc1F.CC(C)c1cc(F)c(-c2ncccn2)cc1F.CC(C)c1ccc(-c2ncccn2)cc1.CC(C)c1ccc(-c2ncccn2)cc1F.CC(C)c1ccc(-c2ncccn2)cn1.CC(C)c1ncc(-c2ncccn2)s1.CCCc1nnc(-c2cc(F)c(C(C)C)cc2F)o1.CCCc1nnc(-c2ccc(C(C)C)cc2F)o1.CCNc1nnc(-c2ccc(C(C)C)c(F)c2)o1. The lowest BCUT2D eigenvalue weighted by Crippen LogP contribution is -1.98. The number of hydrogen-bond donors (Lipinski definition) is 1. The van der Waals surface area contributed by atoms with Crippen LogP contribution in [0.5, 0.6) is 0 Å². The standard InChI is InChI=1S/C14H16F2N2O.C14H17FN2O.2C13H12F2N2.C13H16FN3O.C13H13FN2.C13H14N2.C12H13N3.C10H11N3S.CH4/c1-4-5-13-17-18-14(19-13)10-7-11(15)9(8(2)3)6-12(10)16;1-4-5-13-16-17-14(18-13)11-7-6-10(9(2)3)8-12(11)15;2*1-8(2)9-6-12(15)10(7-11(9)14)13-16-4-3-5-17-13;1-4-15-13-17-16-12(18-13)9-5-6-10(8(2)3)11(14)7-9;1-9(2)11-5-4-10(8-12(11)14)13-15-6-3-7-16-13;1-10(2)11-4-6-12(7-5-11)13-14-8-3-9-15-13;1-9(2)11-5-4-10(8-15-11)12-13-6-3-7-14-12;1-7(2)10-13-6-8(14-10)9-11-4-3-5-12-9;/h6-8H,4-5H2,1-3H3;6-9H,4-5H2,1-3H3;2*3-8H,1-2H3;5-8H,4H2,1-3H3,(H,15,17);3-9H,1-2H3;3-10H,1-2H3;3-9H,1-2H3;3-7H,1-2H3;1H4. The lowest BCUT2D eigenvalue weighted by atomic mass is 10.00. The molecular weight excluding hydrogens is 1940 g/mol. The number of aryl methyl sites for hydroxylation is 2. The number of nitrogens with one attached hydrogen (secondary N) is 1. The fourth-order valence-electron chi connectivity index (χ4n) is 14.0. The molecule has 0 amide bonds. The average Bonchev–Trinajstić information content (AvgIpc) is 0.905. The molecule has 1 N–H and O–H groups in total. The number of pyridine rings is 1. The zero-order valence-electron chi connectivity index (χ0n) is 87.4. The topological polar surface area (TPSA) is 309 Å². The van der Waals surface area contributed by atoms with Gasteiger partial charge in [0.25, 0.3) is 11.8 Å². The van der Waals surface area contributed by atoms with Crippen molar-refractivity contribution in [3.63, 3.8) is 0 Å². The van der Waals surface area contributed by atoms with Gasteiger partial charge in [0.05, 0.1) is 32.1 Å². The van der Waals surface area contributed by atoms with Crippen LogP contribution in [0, 0.1) is 52.4 Å². The molecule has 150 heavy (non-hydrogen) atoms. The third-order valence-corrected chi connectivity index (χ3v) is 23.5. The molecule has 0 saturated heterocycles. The highest BCUT2D eigenvalue weighted by Crippen LogP contribution is 2.35. The van der Waals surface area contributed by atoms with Crippen molar-refractivity contribution < 1.29 is 52.8 Å². The van der Waals surface area contributed by atoms with Gasteiger partial charge in [0.1, 0.15) is 52.4 Å². The van der Waals surface area contributed by atoms with Gasteiger partial charge in [0.15, 0.2) is 34.9 Å². The number of thiazole rings is 1. The van der Waals surface area contributed by atoms with Gasteiger partial charge in [-0.3, -0.25) is 4.98 Å². The molecule has 0 spiro atoms. The van der Waals surface area contributed by atoms with E-state index in [4.69, 9.17) is 13.3 Å². The van der Waals surface area contributed by atoms with Crippen LogP contribution in [0.25, 0.3) is 102 Å². The van der Waals surface area contributed by atoms with Gasteiger partial charge in [-0.2, -0.15) is 0 Å². The molecule has 0 aliphatic heterocycles. The van der Waals surface area contributed by atoms with E-state index < -0.39 is 34.9 Å². The number of aromatic nitrogens is 20. The number of halogens is 9. The van der Waals surface area contributed by atoms with Crippen molar-refractivity contribution in [1.29, 1.82) is 0 Å². The Morgan fingerprint density at radius 1 is 0.267 bits per heavy atom. The summed E-state index contributed by atoms with van der Waals surface area (Å²) < 4.78 is 141. The molecule has 24 nitrogen and oxygen atoms in total. The van der Waals surface area contributed by atoms with Gasteiger partial charge in [-0.15, -0.1) is 36.8 Å². The number of anilines is 1. The molecule has 0 unspecified atom stereocenters. The van der Waals surface area contributed by atoms with Gasteiger partial charge in [-0.05, 0) is 221 Å². The highest BCUT2D eigenvalue weighted by atomic mass is 32.1. The Balaban J connectivity index is 0.000000187. The largest absolute Gasteiger partial charge is 0.421 e. The van der Waals surface area contributed by atoms with Crippen LogP contribution < -0.4 is 5.32 Å².